The summed E-state index contributed by atoms with van der Waals surface area (Å²) in [5, 5.41) is 12.0. The summed E-state index contributed by atoms with van der Waals surface area (Å²) in [5.41, 5.74) is 0.986. The first-order valence-corrected chi connectivity index (χ1v) is 6.78. The van der Waals surface area contributed by atoms with E-state index in [0.717, 1.165) is 31.2 Å². The van der Waals surface area contributed by atoms with Crippen LogP contribution in [0.3, 0.4) is 0 Å². The highest BCUT2D eigenvalue weighted by molar-refractivity contribution is 5.94. The van der Waals surface area contributed by atoms with Gasteiger partial charge < -0.3 is 10.4 Å². The summed E-state index contributed by atoms with van der Waals surface area (Å²) in [5.74, 6) is -0.468. The van der Waals surface area contributed by atoms with Crippen LogP contribution in [0.5, 0.6) is 0 Å². The number of aliphatic hydroxyl groups is 1. The Balaban J connectivity index is 1.96. The number of halogens is 1. The van der Waals surface area contributed by atoms with Gasteiger partial charge >= 0.3 is 0 Å². The van der Waals surface area contributed by atoms with E-state index in [2.05, 4.69) is 5.32 Å². The Morgan fingerprint density at radius 2 is 2.05 bits per heavy atom. The molecule has 0 bridgehead atoms. The topological polar surface area (TPSA) is 49.3 Å². The van der Waals surface area contributed by atoms with Crippen LogP contribution < -0.4 is 5.32 Å². The monoisotopic (exact) mass is 265 g/mol. The number of aryl methyl sites for hydroxylation is 1. The molecule has 0 saturated heterocycles. The number of carbonyl (C=O) groups is 1. The van der Waals surface area contributed by atoms with E-state index >= 15 is 0 Å². The molecule has 0 spiro atoms. The van der Waals surface area contributed by atoms with Crippen molar-refractivity contribution in [2.75, 3.05) is 6.61 Å². The minimum Gasteiger partial charge on any atom is -0.396 e. The van der Waals surface area contributed by atoms with Crippen molar-refractivity contribution in [1.29, 1.82) is 0 Å². The third kappa shape index (κ3) is 3.53. The molecule has 1 aliphatic carbocycles. The largest absolute Gasteiger partial charge is 0.396 e. The molecule has 1 aromatic rings. The van der Waals surface area contributed by atoms with E-state index in [1.165, 1.54) is 6.07 Å². The second kappa shape index (κ2) is 6.15. The number of rotatable bonds is 3. The number of nitrogens with one attached hydrogen (secondary N) is 1. The molecule has 4 heteroatoms. The first-order valence-electron chi connectivity index (χ1n) is 6.78. The molecule has 1 saturated carbocycles. The molecule has 1 aliphatic rings. The van der Waals surface area contributed by atoms with Gasteiger partial charge in [-0.25, -0.2) is 4.39 Å². The number of aliphatic hydroxyl groups excluding tert-OH is 1. The summed E-state index contributed by atoms with van der Waals surface area (Å²) in [7, 11) is 0. The van der Waals surface area contributed by atoms with Crippen molar-refractivity contribution in [2.45, 2.75) is 38.6 Å². The molecule has 19 heavy (non-hydrogen) atoms. The van der Waals surface area contributed by atoms with Crippen molar-refractivity contribution in [3.63, 3.8) is 0 Å². The minimum atomic E-state index is -0.479. The van der Waals surface area contributed by atoms with Gasteiger partial charge in [0.15, 0.2) is 0 Å². The highest BCUT2D eigenvalue weighted by Crippen LogP contribution is 2.24. The number of benzene rings is 1. The van der Waals surface area contributed by atoms with Gasteiger partial charge in [0, 0.05) is 12.6 Å². The molecule has 0 aromatic heterocycles. The maximum atomic E-state index is 13.6. The zero-order valence-corrected chi connectivity index (χ0v) is 11.2. The lowest BCUT2D eigenvalue weighted by Crippen LogP contribution is -2.38. The van der Waals surface area contributed by atoms with E-state index < -0.39 is 5.82 Å². The Morgan fingerprint density at radius 1 is 1.37 bits per heavy atom. The predicted molar refractivity (Wildman–Crippen MR) is 71.4 cm³/mol. The van der Waals surface area contributed by atoms with Gasteiger partial charge in [0.2, 0.25) is 0 Å². The molecular formula is C15H20FNO2. The van der Waals surface area contributed by atoms with Crippen LogP contribution >= 0.6 is 0 Å². The maximum absolute atomic E-state index is 13.6. The lowest BCUT2D eigenvalue weighted by Gasteiger charge is -2.28. The summed E-state index contributed by atoms with van der Waals surface area (Å²) in [6.07, 6.45) is 3.53. The van der Waals surface area contributed by atoms with E-state index in [-0.39, 0.29) is 24.1 Å². The van der Waals surface area contributed by atoms with Gasteiger partial charge in [-0.3, -0.25) is 4.79 Å². The summed E-state index contributed by atoms with van der Waals surface area (Å²) >= 11 is 0. The van der Waals surface area contributed by atoms with Gasteiger partial charge in [-0.15, -0.1) is 0 Å². The molecule has 0 unspecified atom stereocenters. The average Bonchev–Trinajstić information content (AvgIpc) is 2.42. The van der Waals surface area contributed by atoms with Crippen molar-refractivity contribution in [3.05, 3.63) is 35.1 Å². The highest BCUT2D eigenvalue weighted by Gasteiger charge is 2.23. The fraction of sp³-hybridized carbons (Fsp3) is 0.533. The molecular weight excluding hydrogens is 245 g/mol. The molecule has 104 valence electrons. The molecule has 0 aliphatic heterocycles. The van der Waals surface area contributed by atoms with Crippen LogP contribution in [0.15, 0.2) is 18.2 Å². The maximum Gasteiger partial charge on any atom is 0.254 e. The molecule has 2 N–H and O–H groups in total. The molecule has 0 atom stereocenters. The van der Waals surface area contributed by atoms with Crippen molar-refractivity contribution in [3.8, 4) is 0 Å². The zero-order chi connectivity index (χ0) is 13.8. The third-order valence-electron chi connectivity index (χ3n) is 3.81. The van der Waals surface area contributed by atoms with Crippen molar-refractivity contribution >= 4 is 5.91 Å². The van der Waals surface area contributed by atoms with Crippen LogP contribution in [0.1, 0.15) is 41.6 Å². The third-order valence-corrected chi connectivity index (χ3v) is 3.81. The number of hydrogen-bond donors (Lipinski definition) is 2. The van der Waals surface area contributed by atoms with Crippen LogP contribution in [0.2, 0.25) is 0 Å². The van der Waals surface area contributed by atoms with Crippen molar-refractivity contribution in [1.82, 2.24) is 5.32 Å². The molecule has 1 aromatic carbocycles. The van der Waals surface area contributed by atoms with Gasteiger partial charge in [-0.05, 0) is 50.7 Å². The molecule has 0 heterocycles. The molecule has 0 radical (unpaired) electrons. The molecule has 1 fully saturated rings. The Bertz CT molecular complexity index is 453. The van der Waals surface area contributed by atoms with E-state index in [4.69, 9.17) is 5.11 Å². The standard InChI is InChI=1S/C15H20FNO2/c1-10-2-7-14(16)13(8-10)15(19)17-12-5-3-11(9-18)4-6-12/h2,7-8,11-12,18H,3-6,9H2,1H3,(H,17,19). The molecule has 3 nitrogen and oxygen atoms in total. The van der Waals surface area contributed by atoms with Crippen LogP contribution in [0.4, 0.5) is 4.39 Å². The smallest absolute Gasteiger partial charge is 0.254 e. The summed E-state index contributed by atoms with van der Waals surface area (Å²) in [6, 6.07) is 4.64. The fourth-order valence-electron chi connectivity index (χ4n) is 2.57. The van der Waals surface area contributed by atoms with Crippen LogP contribution in [0, 0.1) is 18.7 Å². The van der Waals surface area contributed by atoms with E-state index in [9.17, 15) is 9.18 Å². The second-order valence-electron chi connectivity index (χ2n) is 5.36. The average molecular weight is 265 g/mol. The van der Waals surface area contributed by atoms with Crippen molar-refractivity contribution in [2.24, 2.45) is 5.92 Å². The normalized spacial score (nSPS) is 23.1. The summed E-state index contributed by atoms with van der Waals surface area (Å²) in [6.45, 7) is 2.05. The Kier molecular flexibility index (Phi) is 4.53. The minimum absolute atomic E-state index is 0.0928. The van der Waals surface area contributed by atoms with E-state index in [1.807, 2.05) is 6.92 Å². The van der Waals surface area contributed by atoms with Crippen LogP contribution in [-0.4, -0.2) is 23.7 Å². The van der Waals surface area contributed by atoms with Gasteiger partial charge in [-0.2, -0.15) is 0 Å². The van der Waals surface area contributed by atoms with Gasteiger partial charge in [0.05, 0.1) is 5.56 Å². The van der Waals surface area contributed by atoms with Crippen molar-refractivity contribution < 1.29 is 14.3 Å². The summed E-state index contributed by atoms with van der Waals surface area (Å²) < 4.78 is 13.6. The molecule has 1 amide bonds. The van der Waals surface area contributed by atoms with Crippen LogP contribution in [-0.2, 0) is 0 Å². The lowest BCUT2D eigenvalue weighted by atomic mass is 9.86. The lowest BCUT2D eigenvalue weighted by molar-refractivity contribution is 0.0910. The van der Waals surface area contributed by atoms with Gasteiger partial charge in [0.1, 0.15) is 5.82 Å². The second-order valence-corrected chi connectivity index (χ2v) is 5.36. The first-order chi connectivity index (χ1) is 9.10. The SMILES string of the molecule is Cc1ccc(F)c(C(=O)NC2CCC(CO)CC2)c1. The Morgan fingerprint density at radius 3 is 2.68 bits per heavy atom. The number of hydrogen-bond acceptors (Lipinski definition) is 2. The molecule has 2 rings (SSSR count). The Hall–Kier alpha value is -1.42. The predicted octanol–water partition coefficient (Wildman–Crippen LogP) is 2.42. The van der Waals surface area contributed by atoms with Gasteiger partial charge in [0.25, 0.3) is 5.91 Å². The quantitative estimate of drug-likeness (QED) is 0.881. The van der Waals surface area contributed by atoms with Gasteiger partial charge in [-0.1, -0.05) is 11.6 Å². The highest BCUT2D eigenvalue weighted by atomic mass is 19.1. The number of amides is 1. The summed E-state index contributed by atoms with van der Waals surface area (Å²) in [4.78, 5) is 12.0. The Labute approximate surface area is 112 Å². The first kappa shape index (κ1) is 14.0. The zero-order valence-electron chi connectivity index (χ0n) is 11.2. The fourth-order valence-corrected chi connectivity index (χ4v) is 2.57. The van der Waals surface area contributed by atoms with Crippen LogP contribution in [0.25, 0.3) is 0 Å². The number of carbonyl (C=O) groups excluding carboxylic acids is 1. The van der Waals surface area contributed by atoms with E-state index in [1.54, 1.807) is 12.1 Å². The van der Waals surface area contributed by atoms with E-state index in [0.29, 0.717) is 5.92 Å².